The molecule has 1 fully saturated rings. The van der Waals surface area contributed by atoms with E-state index in [0.717, 1.165) is 11.4 Å². The number of nitrogens with one attached hydrogen (secondary N) is 1. The first-order valence-electron chi connectivity index (χ1n) is 7.53. The molecule has 1 aromatic heterocycles. The first kappa shape index (κ1) is 15.5. The summed E-state index contributed by atoms with van der Waals surface area (Å²) in [6.45, 7) is 0.0773. The predicted octanol–water partition coefficient (Wildman–Crippen LogP) is 1.05. The lowest BCUT2D eigenvalue weighted by atomic mass is 10.2. The van der Waals surface area contributed by atoms with Crippen molar-refractivity contribution >= 4 is 11.7 Å². The third-order valence-corrected chi connectivity index (χ3v) is 4.06. The van der Waals surface area contributed by atoms with Crippen molar-refractivity contribution < 1.29 is 15.0 Å². The molecule has 1 saturated heterocycles. The zero-order valence-electron chi connectivity index (χ0n) is 12.9. The molecule has 0 radical (unpaired) electrons. The lowest BCUT2D eigenvalue weighted by Crippen LogP contribution is -2.40. The predicted molar refractivity (Wildman–Crippen MR) is 85.9 cm³/mol. The second kappa shape index (κ2) is 6.39. The minimum absolute atomic E-state index is 0.155. The van der Waals surface area contributed by atoms with Gasteiger partial charge in [0.25, 0.3) is 0 Å². The summed E-state index contributed by atoms with van der Waals surface area (Å²) < 4.78 is 1.90. The Labute approximate surface area is 134 Å². The third-order valence-electron chi connectivity index (χ3n) is 4.06. The quantitative estimate of drug-likeness (QED) is 0.789. The number of benzene rings is 1. The standard InChI is InChI=1S/C16H20N4O3/c1-19-6-5-17-15(19)11-3-2-4-12(7-11)18-16(23)20-9-14(22)8-13(20)10-21/h2-7,13-14,21-22H,8-10H2,1H3,(H,18,23)/t13-,14-/m0/s1. The zero-order chi connectivity index (χ0) is 16.4. The number of aliphatic hydroxyl groups is 2. The molecule has 2 heterocycles. The molecule has 3 N–H and O–H groups in total. The fourth-order valence-corrected chi connectivity index (χ4v) is 2.89. The number of hydrogen-bond donors (Lipinski definition) is 3. The molecule has 122 valence electrons. The van der Waals surface area contributed by atoms with Gasteiger partial charge in [-0.15, -0.1) is 0 Å². The Hall–Kier alpha value is -2.38. The summed E-state index contributed by atoms with van der Waals surface area (Å²) in [6, 6.07) is 6.75. The second-order valence-electron chi connectivity index (χ2n) is 5.75. The maximum absolute atomic E-state index is 12.4. The van der Waals surface area contributed by atoms with Gasteiger partial charge in [-0.2, -0.15) is 0 Å². The summed E-state index contributed by atoms with van der Waals surface area (Å²) in [5, 5.41) is 21.8. The van der Waals surface area contributed by atoms with E-state index in [2.05, 4.69) is 10.3 Å². The molecule has 3 rings (SSSR count). The summed E-state index contributed by atoms with van der Waals surface area (Å²) in [4.78, 5) is 18.1. The molecule has 1 aromatic carbocycles. The highest BCUT2D eigenvalue weighted by Gasteiger charge is 2.33. The Balaban J connectivity index is 1.76. The number of aliphatic hydroxyl groups excluding tert-OH is 2. The molecule has 0 unspecified atom stereocenters. The van der Waals surface area contributed by atoms with Crippen molar-refractivity contribution in [3.63, 3.8) is 0 Å². The van der Waals surface area contributed by atoms with Crippen LogP contribution in [0.3, 0.4) is 0 Å². The number of hydrogen-bond acceptors (Lipinski definition) is 4. The van der Waals surface area contributed by atoms with Crippen molar-refractivity contribution in [3.8, 4) is 11.4 Å². The molecule has 2 amide bonds. The van der Waals surface area contributed by atoms with Gasteiger partial charge in [-0.1, -0.05) is 12.1 Å². The molecule has 7 nitrogen and oxygen atoms in total. The van der Waals surface area contributed by atoms with Crippen LogP contribution in [-0.4, -0.2) is 56.0 Å². The van der Waals surface area contributed by atoms with Gasteiger partial charge in [0.2, 0.25) is 0 Å². The van der Waals surface area contributed by atoms with Crippen LogP contribution >= 0.6 is 0 Å². The number of imidazole rings is 1. The number of carbonyl (C=O) groups excluding carboxylic acids is 1. The van der Waals surface area contributed by atoms with E-state index in [0.29, 0.717) is 12.1 Å². The minimum atomic E-state index is -0.586. The van der Waals surface area contributed by atoms with Crippen LogP contribution < -0.4 is 5.32 Å². The lowest BCUT2D eigenvalue weighted by molar-refractivity contribution is 0.164. The fraction of sp³-hybridized carbons (Fsp3) is 0.375. The van der Waals surface area contributed by atoms with Crippen LogP contribution in [0.4, 0.5) is 10.5 Å². The maximum Gasteiger partial charge on any atom is 0.322 e. The number of rotatable bonds is 3. The van der Waals surface area contributed by atoms with Gasteiger partial charge in [-0.25, -0.2) is 9.78 Å². The van der Waals surface area contributed by atoms with E-state index in [-0.39, 0.29) is 25.2 Å². The monoisotopic (exact) mass is 316 g/mol. The summed E-state index contributed by atoms with van der Waals surface area (Å²) in [7, 11) is 1.91. The third kappa shape index (κ3) is 3.20. The largest absolute Gasteiger partial charge is 0.394 e. The van der Waals surface area contributed by atoms with E-state index in [1.807, 2.05) is 36.0 Å². The number of aromatic nitrogens is 2. The van der Waals surface area contributed by atoms with Crippen LogP contribution in [-0.2, 0) is 7.05 Å². The normalized spacial score (nSPS) is 20.7. The van der Waals surface area contributed by atoms with Crippen LogP contribution in [0.25, 0.3) is 11.4 Å². The van der Waals surface area contributed by atoms with Crippen LogP contribution in [0.2, 0.25) is 0 Å². The highest BCUT2D eigenvalue weighted by Crippen LogP contribution is 2.23. The average molecular weight is 316 g/mol. The Morgan fingerprint density at radius 1 is 1.48 bits per heavy atom. The highest BCUT2D eigenvalue weighted by molar-refractivity contribution is 5.90. The van der Waals surface area contributed by atoms with Crippen molar-refractivity contribution in [1.29, 1.82) is 0 Å². The van der Waals surface area contributed by atoms with Crippen LogP contribution in [0, 0.1) is 0 Å². The highest BCUT2D eigenvalue weighted by atomic mass is 16.3. The van der Waals surface area contributed by atoms with E-state index in [1.165, 1.54) is 4.90 Å². The van der Waals surface area contributed by atoms with E-state index in [4.69, 9.17) is 0 Å². The van der Waals surface area contributed by atoms with E-state index >= 15 is 0 Å². The number of urea groups is 1. The van der Waals surface area contributed by atoms with E-state index in [1.54, 1.807) is 12.3 Å². The molecule has 0 spiro atoms. The summed E-state index contributed by atoms with van der Waals surface area (Å²) in [5.74, 6) is 0.811. The van der Waals surface area contributed by atoms with Gasteiger partial charge in [0.1, 0.15) is 5.82 Å². The molecular formula is C16H20N4O3. The number of anilines is 1. The number of nitrogens with zero attached hydrogens (tertiary/aromatic N) is 3. The summed E-state index contributed by atoms with van der Waals surface area (Å²) >= 11 is 0. The number of carbonyl (C=O) groups is 1. The van der Waals surface area contributed by atoms with Crippen LogP contribution in [0.5, 0.6) is 0 Å². The maximum atomic E-state index is 12.4. The molecule has 2 aromatic rings. The van der Waals surface area contributed by atoms with Gasteiger partial charge in [0.05, 0.1) is 18.8 Å². The molecule has 23 heavy (non-hydrogen) atoms. The van der Waals surface area contributed by atoms with Crippen molar-refractivity contribution in [2.75, 3.05) is 18.5 Å². The van der Waals surface area contributed by atoms with E-state index < -0.39 is 6.10 Å². The van der Waals surface area contributed by atoms with Gasteiger partial charge < -0.3 is 25.0 Å². The molecule has 7 heteroatoms. The first-order chi connectivity index (χ1) is 11.1. The Morgan fingerprint density at radius 2 is 2.30 bits per heavy atom. The summed E-state index contributed by atoms with van der Waals surface area (Å²) in [6.07, 6.45) is 3.39. The van der Waals surface area contributed by atoms with Crippen LogP contribution in [0.15, 0.2) is 36.7 Å². The van der Waals surface area contributed by atoms with Crippen molar-refractivity contribution in [1.82, 2.24) is 14.5 Å². The van der Waals surface area contributed by atoms with Gasteiger partial charge in [0, 0.05) is 37.2 Å². The van der Waals surface area contributed by atoms with Gasteiger partial charge >= 0.3 is 6.03 Å². The number of aryl methyl sites for hydroxylation is 1. The van der Waals surface area contributed by atoms with Crippen molar-refractivity contribution in [2.24, 2.45) is 7.05 Å². The molecule has 0 bridgehead atoms. The molecule has 2 atom stereocenters. The Bertz CT molecular complexity index is 700. The van der Waals surface area contributed by atoms with Crippen molar-refractivity contribution in [3.05, 3.63) is 36.7 Å². The lowest BCUT2D eigenvalue weighted by Gasteiger charge is -2.23. The zero-order valence-corrected chi connectivity index (χ0v) is 12.9. The molecule has 1 aliphatic heterocycles. The number of β-amino-alcohol motifs (C(OH)–C–C–N with tert-alkyl or cyclic N) is 1. The SMILES string of the molecule is Cn1ccnc1-c1cccc(NC(=O)N2C[C@@H](O)C[C@H]2CO)c1. The second-order valence-corrected chi connectivity index (χ2v) is 5.75. The topological polar surface area (TPSA) is 90.6 Å². The number of amides is 2. The van der Waals surface area contributed by atoms with Gasteiger partial charge in [0.15, 0.2) is 0 Å². The average Bonchev–Trinajstić information content (AvgIpc) is 3.13. The minimum Gasteiger partial charge on any atom is -0.394 e. The number of likely N-dealkylation sites (tertiary alicyclic amines) is 1. The Kier molecular flexibility index (Phi) is 4.31. The summed E-state index contributed by atoms with van der Waals surface area (Å²) in [5.41, 5.74) is 1.55. The fourth-order valence-electron chi connectivity index (χ4n) is 2.89. The van der Waals surface area contributed by atoms with E-state index in [9.17, 15) is 15.0 Å². The molecular weight excluding hydrogens is 296 g/mol. The smallest absolute Gasteiger partial charge is 0.322 e. The molecule has 0 saturated carbocycles. The first-order valence-corrected chi connectivity index (χ1v) is 7.53. The van der Waals surface area contributed by atoms with Gasteiger partial charge in [-0.05, 0) is 18.6 Å². The van der Waals surface area contributed by atoms with Crippen LogP contribution in [0.1, 0.15) is 6.42 Å². The van der Waals surface area contributed by atoms with Gasteiger partial charge in [-0.3, -0.25) is 0 Å². The molecule has 1 aliphatic rings. The van der Waals surface area contributed by atoms with Crippen molar-refractivity contribution in [2.45, 2.75) is 18.6 Å². The molecule has 0 aliphatic carbocycles. The Morgan fingerprint density at radius 3 is 3.00 bits per heavy atom.